The number of hydrogen-bond acceptors (Lipinski definition) is 5. The average Bonchev–Trinajstić information content (AvgIpc) is 3.19. The van der Waals surface area contributed by atoms with Crippen molar-refractivity contribution in [3.8, 4) is 0 Å². The molecule has 3 rings (SSSR count). The minimum absolute atomic E-state index is 0.138. The summed E-state index contributed by atoms with van der Waals surface area (Å²) in [5.41, 5.74) is 0.670. The molecule has 1 aromatic carbocycles. The van der Waals surface area contributed by atoms with Crippen LogP contribution in [0.15, 0.2) is 47.1 Å². The molecule has 1 aromatic heterocycles. The van der Waals surface area contributed by atoms with Crippen molar-refractivity contribution in [1.82, 2.24) is 15.1 Å². The molecule has 0 fully saturated rings. The molecule has 7 heteroatoms. The predicted octanol–water partition coefficient (Wildman–Crippen LogP) is 1.29. The standard InChI is InChI=1S/C18H19N3O4/c1-20(2)14(15-8-5-9-25-15)10-19-16(22)11-21-17(23)12-6-3-4-7-13(12)18(21)24/h3-9,14H,10-11H2,1-2H3,(H,19,22). The van der Waals surface area contributed by atoms with E-state index in [2.05, 4.69) is 5.32 Å². The zero-order chi connectivity index (χ0) is 18.0. The monoisotopic (exact) mass is 341 g/mol. The van der Waals surface area contributed by atoms with E-state index in [9.17, 15) is 14.4 Å². The summed E-state index contributed by atoms with van der Waals surface area (Å²) in [6, 6.07) is 10.0. The molecule has 0 spiro atoms. The smallest absolute Gasteiger partial charge is 0.262 e. The zero-order valence-electron chi connectivity index (χ0n) is 14.1. The van der Waals surface area contributed by atoms with Gasteiger partial charge in [-0.15, -0.1) is 0 Å². The fourth-order valence-electron chi connectivity index (χ4n) is 2.81. The summed E-state index contributed by atoms with van der Waals surface area (Å²) >= 11 is 0. The van der Waals surface area contributed by atoms with Crippen LogP contribution in [0.3, 0.4) is 0 Å². The van der Waals surface area contributed by atoms with Gasteiger partial charge in [0.15, 0.2) is 0 Å². The molecule has 0 radical (unpaired) electrons. The highest BCUT2D eigenvalue weighted by Gasteiger charge is 2.36. The first-order valence-electron chi connectivity index (χ1n) is 7.90. The molecule has 7 nitrogen and oxygen atoms in total. The van der Waals surface area contributed by atoms with Crippen molar-refractivity contribution < 1.29 is 18.8 Å². The van der Waals surface area contributed by atoms with Gasteiger partial charge in [-0.05, 0) is 38.4 Å². The Balaban J connectivity index is 1.62. The maximum Gasteiger partial charge on any atom is 0.262 e. The lowest BCUT2D eigenvalue weighted by molar-refractivity contribution is -0.121. The summed E-state index contributed by atoms with van der Waals surface area (Å²) in [6.07, 6.45) is 1.58. The molecule has 25 heavy (non-hydrogen) atoms. The molecule has 0 aliphatic carbocycles. The number of hydrogen-bond donors (Lipinski definition) is 1. The Bertz CT molecular complexity index is 763. The first kappa shape index (κ1) is 16.9. The SMILES string of the molecule is CN(C)C(CNC(=O)CN1C(=O)c2ccccc2C1=O)c1ccco1. The van der Waals surface area contributed by atoms with Crippen LogP contribution in [0.1, 0.15) is 32.5 Å². The van der Waals surface area contributed by atoms with Gasteiger partial charge in [0.25, 0.3) is 11.8 Å². The van der Waals surface area contributed by atoms with Crippen LogP contribution in [-0.2, 0) is 4.79 Å². The number of carbonyl (C=O) groups excluding carboxylic acids is 3. The molecule has 1 N–H and O–H groups in total. The van der Waals surface area contributed by atoms with Gasteiger partial charge in [-0.25, -0.2) is 0 Å². The van der Waals surface area contributed by atoms with Crippen molar-refractivity contribution in [3.05, 3.63) is 59.5 Å². The maximum absolute atomic E-state index is 12.3. The van der Waals surface area contributed by atoms with Gasteiger partial charge in [-0.3, -0.25) is 24.2 Å². The van der Waals surface area contributed by atoms with Gasteiger partial charge in [0.05, 0.1) is 23.4 Å². The van der Waals surface area contributed by atoms with Gasteiger partial charge in [0.2, 0.25) is 5.91 Å². The molecule has 1 unspecified atom stereocenters. The van der Waals surface area contributed by atoms with Crippen LogP contribution in [0.25, 0.3) is 0 Å². The quantitative estimate of drug-likeness (QED) is 0.801. The van der Waals surface area contributed by atoms with Crippen LogP contribution in [0, 0.1) is 0 Å². The average molecular weight is 341 g/mol. The van der Waals surface area contributed by atoms with Crippen molar-refractivity contribution in [2.75, 3.05) is 27.2 Å². The van der Waals surface area contributed by atoms with E-state index in [0.717, 1.165) is 10.7 Å². The summed E-state index contributed by atoms with van der Waals surface area (Å²) < 4.78 is 5.39. The number of rotatable bonds is 6. The van der Waals surface area contributed by atoms with Crippen LogP contribution in [-0.4, -0.2) is 54.7 Å². The molecule has 2 heterocycles. The Morgan fingerprint density at radius 1 is 1.12 bits per heavy atom. The predicted molar refractivity (Wildman–Crippen MR) is 90.0 cm³/mol. The Hall–Kier alpha value is -2.93. The number of benzene rings is 1. The van der Waals surface area contributed by atoms with Crippen LogP contribution in [0.2, 0.25) is 0 Å². The van der Waals surface area contributed by atoms with Crippen LogP contribution in [0.4, 0.5) is 0 Å². The molecule has 130 valence electrons. The highest BCUT2D eigenvalue weighted by molar-refractivity contribution is 6.22. The highest BCUT2D eigenvalue weighted by Crippen LogP contribution is 2.22. The Morgan fingerprint density at radius 3 is 2.28 bits per heavy atom. The van der Waals surface area contributed by atoms with E-state index in [1.165, 1.54) is 0 Å². The number of carbonyl (C=O) groups is 3. The van der Waals surface area contributed by atoms with Crippen molar-refractivity contribution in [3.63, 3.8) is 0 Å². The number of nitrogens with one attached hydrogen (secondary N) is 1. The number of furan rings is 1. The first-order chi connectivity index (χ1) is 12.0. The summed E-state index contributed by atoms with van der Waals surface area (Å²) in [7, 11) is 3.76. The van der Waals surface area contributed by atoms with E-state index in [1.54, 1.807) is 36.6 Å². The van der Waals surface area contributed by atoms with Crippen molar-refractivity contribution in [2.24, 2.45) is 0 Å². The van der Waals surface area contributed by atoms with E-state index >= 15 is 0 Å². The maximum atomic E-state index is 12.3. The van der Waals surface area contributed by atoms with Gasteiger partial charge >= 0.3 is 0 Å². The number of nitrogens with zero attached hydrogens (tertiary/aromatic N) is 2. The van der Waals surface area contributed by atoms with Crippen LogP contribution >= 0.6 is 0 Å². The largest absolute Gasteiger partial charge is 0.468 e. The van der Waals surface area contributed by atoms with E-state index in [-0.39, 0.29) is 12.6 Å². The second-order valence-corrected chi connectivity index (χ2v) is 6.04. The van der Waals surface area contributed by atoms with E-state index in [0.29, 0.717) is 17.7 Å². The van der Waals surface area contributed by atoms with Gasteiger partial charge in [0, 0.05) is 6.54 Å². The molecule has 1 aliphatic heterocycles. The molecule has 3 amide bonds. The summed E-state index contributed by atoms with van der Waals surface area (Å²) in [5, 5.41) is 2.76. The van der Waals surface area contributed by atoms with Gasteiger partial charge in [-0.2, -0.15) is 0 Å². The molecule has 0 saturated heterocycles. The minimum Gasteiger partial charge on any atom is -0.468 e. The third-order valence-electron chi connectivity index (χ3n) is 4.17. The van der Waals surface area contributed by atoms with Crippen molar-refractivity contribution >= 4 is 17.7 Å². The fourth-order valence-corrected chi connectivity index (χ4v) is 2.81. The normalized spacial score (nSPS) is 14.8. The minimum atomic E-state index is -0.439. The molecule has 1 aliphatic rings. The number of amides is 3. The number of imide groups is 1. The Kier molecular flexibility index (Phi) is 4.67. The summed E-state index contributed by atoms with van der Waals surface area (Å²) in [4.78, 5) is 39.7. The molecule has 0 bridgehead atoms. The molecule has 0 saturated carbocycles. The van der Waals surface area contributed by atoms with Crippen LogP contribution < -0.4 is 5.32 Å². The molecule has 2 aromatic rings. The lowest BCUT2D eigenvalue weighted by Gasteiger charge is -2.23. The lowest BCUT2D eigenvalue weighted by Crippen LogP contribution is -2.42. The second kappa shape index (κ2) is 6.90. The fraction of sp³-hybridized carbons (Fsp3) is 0.278. The Morgan fingerprint density at radius 2 is 1.76 bits per heavy atom. The van der Waals surface area contributed by atoms with E-state index < -0.39 is 17.7 Å². The van der Waals surface area contributed by atoms with Crippen molar-refractivity contribution in [2.45, 2.75) is 6.04 Å². The first-order valence-corrected chi connectivity index (χ1v) is 7.90. The summed E-state index contributed by atoms with van der Waals surface area (Å²) in [6.45, 7) is 0.00711. The molecule has 1 atom stereocenters. The van der Waals surface area contributed by atoms with Crippen LogP contribution in [0.5, 0.6) is 0 Å². The zero-order valence-corrected chi connectivity index (χ0v) is 14.1. The molecular weight excluding hydrogens is 322 g/mol. The van der Waals surface area contributed by atoms with Crippen molar-refractivity contribution in [1.29, 1.82) is 0 Å². The summed E-state index contributed by atoms with van der Waals surface area (Å²) in [5.74, 6) is -0.546. The Labute approximate surface area is 145 Å². The van der Waals surface area contributed by atoms with Gasteiger partial charge in [0.1, 0.15) is 12.3 Å². The highest BCUT2D eigenvalue weighted by atomic mass is 16.3. The topological polar surface area (TPSA) is 82.9 Å². The lowest BCUT2D eigenvalue weighted by atomic mass is 10.1. The third-order valence-corrected chi connectivity index (χ3v) is 4.17. The second-order valence-electron chi connectivity index (χ2n) is 6.04. The van der Waals surface area contributed by atoms with Gasteiger partial charge < -0.3 is 9.73 Å². The number of likely N-dealkylation sites (N-methyl/N-ethyl adjacent to an activating group) is 1. The van der Waals surface area contributed by atoms with Gasteiger partial charge in [-0.1, -0.05) is 12.1 Å². The molecular formula is C18H19N3O4. The number of fused-ring (bicyclic) bond motifs is 1. The van der Waals surface area contributed by atoms with E-state index in [4.69, 9.17) is 4.42 Å². The third kappa shape index (κ3) is 3.32. The van der Waals surface area contributed by atoms with E-state index in [1.807, 2.05) is 25.1 Å².